The molecular weight excluding hydrogens is 428 g/mol. The van der Waals surface area contributed by atoms with Gasteiger partial charge in [0, 0.05) is 25.3 Å². The van der Waals surface area contributed by atoms with E-state index < -0.39 is 0 Å². The van der Waals surface area contributed by atoms with Gasteiger partial charge >= 0.3 is 0 Å². The van der Waals surface area contributed by atoms with Gasteiger partial charge in [-0.2, -0.15) is 4.98 Å². The van der Waals surface area contributed by atoms with E-state index in [1.165, 1.54) is 22.2 Å². The summed E-state index contributed by atoms with van der Waals surface area (Å²) in [5.74, 6) is -0.339. The van der Waals surface area contributed by atoms with Gasteiger partial charge in [0.15, 0.2) is 10.8 Å². The number of benzene rings is 1. The Labute approximate surface area is 189 Å². The molecule has 0 aliphatic carbocycles. The van der Waals surface area contributed by atoms with E-state index in [4.69, 9.17) is 0 Å². The van der Waals surface area contributed by atoms with Crippen LogP contribution in [0.5, 0.6) is 0 Å². The van der Waals surface area contributed by atoms with Crippen molar-refractivity contribution in [2.75, 3.05) is 29.9 Å². The van der Waals surface area contributed by atoms with Gasteiger partial charge in [-0.15, -0.1) is 0 Å². The van der Waals surface area contributed by atoms with Crippen molar-refractivity contribution < 1.29 is 9.59 Å². The Morgan fingerprint density at radius 3 is 2.94 bits per heavy atom. The predicted molar refractivity (Wildman–Crippen MR) is 125 cm³/mol. The Morgan fingerprint density at radius 2 is 2.16 bits per heavy atom. The molecule has 10 heteroatoms. The number of amides is 2. The molecule has 1 fully saturated rings. The van der Waals surface area contributed by atoms with E-state index in [9.17, 15) is 14.4 Å². The van der Waals surface area contributed by atoms with Gasteiger partial charge in [-0.25, -0.2) is 4.98 Å². The fourth-order valence-corrected chi connectivity index (χ4v) is 4.85. The second kappa shape index (κ2) is 9.47. The second-order valence-corrected chi connectivity index (χ2v) is 8.90. The molecule has 168 valence electrons. The standard InChI is InChI=1S/C22H26N6O3S/c1-3-23-20(30)15-7-5-9-27(11-15)22-26-19-18(32-22)21(31)28(13-24-19)12-17(29)25-16-8-4-6-14(2)10-16/h4,6,8,10,13,15H,3,5,7,9,11-12H2,1-2H3,(H,23,30)(H,25,29)/t15-/m0/s1. The summed E-state index contributed by atoms with van der Waals surface area (Å²) in [6.07, 6.45) is 3.08. The molecule has 0 bridgehead atoms. The number of carbonyl (C=O) groups is 2. The van der Waals surface area contributed by atoms with Crippen LogP contribution in [0.25, 0.3) is 10.3 Å². The summed E-state index contributed by atoms with van der Waals surface area (Å²) in [6, 6.07) is 7.47. The van der Waals surface area contributed by atoms with Crippen LogP contribution in [0.3, 0.4) is 0 Å². The molecule has 32 heavy (non-hydrogen) atoms. The number of nitrogens with zero attached hydrogens (tertiary/aromatic N) is 4. The third-order valence-electron chi connectivity index (χ3n) is 5.40. The number of aryl methyl sites for hydroxylation is 1. The maximum atomic E-state index is 13.0. The third kappa shape index (κ3) is 4.80. The number of carbonyl (C=O) groups excluding carboxylic acids is 2. The highest BCUT2D eigenvalue weighted by Gasteiger charge is 2.27. The number of hydrogen-bond donors (Lipinski definition) is 2. The maximum Gasteiger partial charge on any atom is 0.273 e. The molecule has 2 amide bonds. The van der Waals surface area contributed by atoms with Crippen molar-refractivity contribution in [3.05, 3.63) is 46.5 Å². The summed E-state index contributed by atoms with van der Waals surface area (Å²) in [6.45, 7) is 5.68. The van der Waals surface area contributed by atoms with Gasteiger partial charge in [0.1, 0.15) is 17.6 Å². The van der Waals surface area contributed by atoms with Gasteiger partial charge in [-0.1, -0.05) is 23.5 Å². The summed E-state index contributed by atoms with van der Waals surface area (Å²) >= 11 is 1.26. The highest BCUT2D eigenvalue weighted by molar-refractivity contribution is 7.22. The number of nitrogens with one attached hydrogen (secondary N) is 2. The highest BCUT2D eigenvalue weighted by atomic mass is 32.1. The van der Waals surface area contributed by atoms with Gasteiger partial charge in [0.25, 0.3) is 5.56 Å². The fraction of sp³-hybridized carbons (Fsp3) is 0.409. The van der Waals surface area contributed by atoms with E-state index in [-0.39, 0.29) is 29.8 Å². The molecule has 3 aromatic rings. The lowest BCUT2D eigenvalue weighted by Gasteiger charge is -2.31. The van der Waals surface area contributed by atoms with Crippen molar-refractivity contribution >= 4 is 44.3 Å². The average Bonchev–Trinajstić information content (AvgIpc) is 3.21. The summed E-state index contributed by atoms with van der Waals surface area (Å²) in [5, 5.41) is 6.37. The first-order valence-corrected chi connectivity index (χ1v) is 11.5. The number of rotatable bonds is 6. The number of anilines is 2. The molecule has 9 nitrogen and oxygen atoms in total. The minimum absolute atomic E-state index is 0.0541. The van der Waals surface area contributed by atoms with Crippen molar-refractivity contribution in [3.63, 3.8) is 0 Å². The Balaban J connectivity index is 1.50. The van der Waals surface area contributed by atoms with Gasteiger partial charge in [0.05, 0.1) is 5.92 Å². The van der Waals surface area contributed by atoms with E-state index >= 15 is 0 Å². The smallest absolute Gasteiger partial charge is 0.273 e. The molecule has 0 saturated carbocycles. The average molecular weight is 455 g/mol. The van der Waals surface area contributed by atoms with Crippen LogP contribution in [-0.2, 0) is 16.1 Å². The SMILES string of the molecule is CCNC(=O)[C@H]1CCCN(c2nc3ncn(CC(=O)Nc4cccc(C)c4)c(=O)c3s2)C1. The van der Waals surface area contributed by atoms with Gasteiger partial charge in [0.2, 0.25) is 11.8 Å². The zero-order chi connectivity index (χ0) is 22.7. The van der Waals surface area contributed by atoms with Crippen molar-refractivity contribution in [1.82, 2.24) is 19.9 Å². The normalized spacial score (nSPS) is 16.2. The first-order valence-electron chi connectivity index (χ1n) is 10.7. The lowest BCUT2D eigenvalue weighted by atomic mass is 9.97. The van der Waals surface area contributed by atoms with E-state index in [0.29, 0.717) is 34.3 Å². The van der Waals surface area contributed by atoms with E-state index in [2.05, 4.69) is 20.6 Å². The number of aromatic nitrogens is 3. The number of fused-ring (bicyclic) bond motifs is 1. The number of piperidine rings is 1. The van der Waals surface area contributed by atoms with Crippen LogP contribution < -0.4 is 21.1 Å². The van der Waals surface area contributed by atoms with Gasteiger partial charge in [-0.3, -0.25) is 19.0 Å². The first kappa shape index (κ1) is 21.9. The monoisotopic (exact) mass is 454 g/mol. The lowest BCUT2D eigenvalue weighted by molar-refractivity contribution is -0.125. The van der Waals surface area contributed by atoms with Crippen LogP contribution in [-0.4, -0.2) is 46.0 Å². The minimum atomic E-state index is -0.301. The molecule has 1 aromatic carbocycles. The predicted octanol–water partition coefficient (Wildman–Crippen LogP) is 2.15. The molecule has 4 rings (SSSR count). The topological polar surface area (TPSA) is 109 Å². The number of thiazole rings is 1. The second-order valence-electron chi connectivity index (χ2n) is 7.92. The molecule has 0 spiro atoms. The Hall–Kier alpha value is -3.27. The van der Waals surface area contributed by atoms with Gasteiger partial charge in [-0.05, 0) is 44.4 Å². The maximum absolute atomic E-state index is 13.0. The zero-order valence-electron chi connectivity index (χ0n) is 18.1. The minimum Gasteiger partial charge on any atom is -0.356 e. The van der Waals surface area contributed by atoms with Crippen LogP contribution in [0, 0.1) is 12.8 Å². The Kier molecular flexibility index (Phi) is 6.50. The van der Waals surface area contributed by atoms with Gasteiger partial charge < -0.3 is 15.5 Å². The van der Waals surface area contributed by atoms with Crippen molar-refractivity contribution in [2.45, 2.75) is 33.2 Å². The number of hydrogen-bond acceptors (Lipinski definition) is 7. The third-order valence-corrected chi connectivity index (χ3v) is 6.50. The zero-order valence-corrected chi connectivity index (χ0v) is 18.9. The van der Waals surface area contributed by atoms with Crippen molar-refractivity contribution in [1.29, 1.82) is 0 Å². The Morgan fingerprint density at radius 1 is 1.31 bits per heavy atom. The van der Waals surface area contributed by atoms with Crippen LogP contribution in [0.15, 0.2) is 35.4 Å². The van der Waals surface area contributed by atoms with Crippen molar-refractivity contribution in [3.8, 4) is 0 Å². The Bertz CT molecular complexity index is 1200. The largest absolute Gasteiger partial charge is 0.356 e. The first-order chi connectivity index (χ1) is 15.4. The van der Waals surface area contributed by atoms with Crippen molar-refractivity contribution in [2.24, 2.45) is 5.92 Å². The molecule has 3 heterocycles. The van der Waals surface area contributed by atoms with Crippen LogP contribution >= 0.6 is 11.3 Å². The molecule has 1 aliphatic rings. The molecule has 1 saturated heterocycles. The quantitative estimate of drug-likeness (QED) is 0.591. The lowest BCUT2D eigenvalue weighted by Crippen LogP contribution is -2.43. The molecule has 0 radical (unpaired) electrons. The van der Waals surface area contributed by atoms with Crippen LogP contribution in [0.2, 0.25) is 0 Å². The fourth-order valence-electron chi connectivity index (χ4n) is 3.84. The molecule has 1 atom stereocenters. The van der Waals surface area contributed by atoms with E-state index in [0.717, 1.165) is 24.9 Å². The molecule has 2 N–H and O–H groups in total. The molecule has 1 aliphatic heterocycles. The molecular formula is C22H26N6O3S. The van der Waals surface area contributed by atoms with E-state index in [1.54, 1.807) is 6.07 Å². The molecule has 0 unspecified atom stereocenters. The summed E-state index contributed by atoms with van der Waals surface area (Å²) in [5.41, 5.74) is 1.79. The molecule has 2 aromatic heterocycles. The summed E-state index contributed by atoms with van der Waals surface area (Å²) in [7, 11) is 0. The highest BCUT2D eigenvalue weighted by Crippen LogP contribution is 2.29. The van der Waals surface area contributed by atoms with E-state index in [1.807, 2.05) is 36.9 Å². The summed E-state index contributed by atoms with van der Waals surface area (Å²) in [4.78, 5) is 48.5. The summed E-state index contributed by atoms with van der Waals surface area (Å²) < 4.78 is 1.70. The van der Waals surface area contributed by atoms with Crippen LogP contribution in [0.4, 0.5) is 10.8 Å². The van der Waals surface area contributed by atoms with Crippen LogP contribution in [0.1, 0.15) is 25.3 Å².